The molecule has 13 aromatic rings. The van der Waals surface area contributed by atoms with Crippen LogP contribution in [0.3, 0.4) is 0 Å². The summed E-state index contributed by atoms with van der Waals surface area (Å²) < 4.78 is 7.35. The van der Waals surface area contributed by atoms with Gasteiger partial charge in [0, 0.05) is 216 Å². The SMILES string of the molecule is CC(C)c1ccnc(-c2ccc(N3CCN(C)CC3)nc2)c1.CC(C)c1ccnc(-c2ccc3c(c2)c(C2CC2)nn3C)c1.CC(C)c1ccnc(-c2cnc(C3CCC3)nc2)c1.CC(C)c1ccnc(-c2cnc(N3CCN(C)CC3)nc2)c1.CC(C)c1ccnc(-c2cnc(N3CCOCC3)nc2)c1.CC(C)c1ccnc(-c2cncc(C(=O)O)c2)c1. The number of fused-ring (bicyclic) bond motifs is 1. The fourth-order valence-corrected chi connectivity index (χ4v) is 14.7. The Morgan fingerprint density at radius 3 is 1.10 bits per heavy atom. The van der Waals surface area contributed by atoms with E-state index in [0.29, 0.717) is 47.3 Å². The summed E-state index contributed by atoms with van der Waals surface area (Å²) in [6.07, 6.45) is 33.6. The number of morpholine rings is 1. The molecule has 18 rings (SSSR count). The number of carbonyl (C=O) groups is 1. The first kappa shape index (κ1) is 89.6. The Balaban J connectivity index is 0.000000128. The van der Waals surface area contributed by atoms with Crippen molar-refractivity contribution in [2.45, 2.75) is 163 Å². The Morgan fingerprint density at radius 1 is 0.355 bits per heavy atom. The van der Waals surface area contributed by atoms with Crippen LogP contribution >= 0.6 is 0 Å². The summed E-state index contributed by atoms with van der Waals surface area (Å²) in [5.74, 6) is 6.84. The average molecular weight is 1670 g/mol. The minimum atomic E-state index is -0.982. The van der Waals surface area contributed by atoms with E-state index in [-0.39, 0.29) is 5.56 Å². The van der Waals surface area contributed by atoms with Gasteiger partial charge in [0.15, 0.2) is 0 Å². The second-order valence-corrected chi connectivity index (χ2v) is 34.6. The summed E-state index contributed by atoms with van der Waals surface area (Å²) in [6.45, 7) is 37.7. The van der Waals surface area contributed by atoms with E-state index in [2.05, 4.69) is 282 Å². The molecule has 24 nitrogen and oxygen atoms in total. The van der Waals surface area contributed by atoms with Crippen LogP contribution in [0.1, 0.15) is 218 Å². The number of carboxylic acids is 1. The molecule has 2 aliphatic carbocycles. The molecule has 0 radical (unpaired) electrons. The average Bonchev–Trinajstić information content (AvgIpc) is 1.61. The third-order valence-corrected chi connectivity index (χ3v) is 23.4. The van der Waals surface area contributed by atoms with E-state index < -0.39 is 5.97 Å². The fraction of sp³-hybridized carbons (Fsp3) is 0.400. The lowest BCUT2D eigenvalue weighted by Gasteiger charge is -2.33. The second-order valence-electron chi connectivity index (χ2n) is 34.6. The van der Waals surface area contributed by atoms with E-state index in [1.807, 2.05) is 98.2 Å². The van der Waals surface area contributed by atoms with Crippen LogP contribution < -0.4 is 14.7 Å². The highest BCUT2D eigenvalue weighted by Crippen LogP contribution is 2.43. The number of aryl methyl sites for hydroxylation is 1. The number of piperazine rings is 2. The molecule has 24 heteroatoms. The van der Waals surface area contributed by atoms with Crippen LogP contribution in [0.5, 0.6) is 0 Å². The van der Waals surface area contributed by atoms with E-state index in [4.69, 9.17) is 14.9 Å². The van der Waals surface area contributed by atoms with E-state index in [1.54, 1.807) is 18.5 Å². The number of hydrogen-bond acceptors (Lipinski definition) is 22. The molecule has 0 atom stereocenters. The molecule has 5 fully saturated rings. The fourth-order valence-electron chi connectivity index (χ4n) is 14.7. The molecule has 124 heavy (non-hydrogen) atoms. The van der Waals surface area contributed by atoms with Crippen LogP contribution in [0.15, 0.2) is 202 Å². The topological polar surface area (TPSA) is 261 Å². The van der Waals surface area contributed by atoms with E-state index in [1.165, 1.54) is 93.8 Å². The lowest BCUT2D eigenvalue weighted by atomic mass is 9.85. The maximum Gasteiger partial charge on any atom is 0.337 e. The molecule has 3 saturated heterocycles. The lowest BCUT2D eigenvalue weighted by Crippen LogP contribution is -2.45. The number of anilines is 3. The molecule has 15 heterocycles. The van der Waals surface area contributed by atoms with Gasteiger partial charge in [-0.15, -0.1) is 0 Å². The largest absolute Gasteiger partial charge is 0.478 e. The van der Waals surface area contributed by atoms with Crippen LogP contribution in [0.2, 0.25) is 0 Å². The molecule has 1 N–H and O–H groups in total. The monoisotopic (exact) mass is 1660 g/mol. The minimum Gasteiger partial charge on any atom is -0.478 e. The van der Waals surface area contributed by atoms with Gasteiger partial charge in [-0.05, 0) is 212 Å². The van der Waals surface area contributed by atoms with Crippen molar-refractivity contribution >= 4 is 34.6 Å². The zero-order chi connectivity index (χ0) is 87.3. The summed E-state index contributed by atoms with van der Waals surface area (Å²) in [5, 5.41) is 15.0. The van der Waals surface area contributed by atoms with Crippen molar-refractivity contribution in [1.29, 1.82) is 0 Å². The maximum absolute atomic E-state index is 10.9. The highest BCUT2D eigenvalue weighted by Gasteiger charge is 2.30. The van der Waals surface area contributed by atoms with Crippen LogP contribution in [0.25, 0.3) is 78.4 Å². The molecule has 0 bridgehead atoms. The van der Waals surface area contributed by atoms with Gasteiger partial charge in [0.05, 0.1) is 64.2 Å². The number of nitrogens with zero attached hydrogens (tertiary/aromatic N) is 21. The number of aromatic carboxylic acids is 1. The van der Waals surface area contributed by atoms with E-state index in [9.17, 15) is 4.79 Å². The van der Waals surface area contributed by atoms with Crippen molar-refractivity contribution in [1.82, 2.24) is 89.4 Å². The Morgan fingerprint density at radius 2 is 0.726 bits per heavy atom. The maximum atomic E-state index is 10.9. The molecule has 3 aliphatic heterocycles. The van der Waals surface area contributed by atoms with Gasteiger partial charge in [0.1, 0.15) is 11.6 Å². The normalized spacial score (nSPS) is 15.0. The van der Waals surface area contributed by atoms with Gasteiger partial charge in [-0.25, -0.2) is 39.7 Å². The van der Waals surface area contributed by atoms with Crippen LogP contribution in [0.4, 0.5) is 17.7 Å². The van der Waals surface area contributed by atoms with Crippen molar-refractivity contribution in [2.75, 3.05) is 107 Å². The number of rotatable bonds is 18. The highest BCUT2D eigenvalue weighted by molar-refractivity contribution is 5.89. The summed E-state index contributed by atoms with van der Waals surface area (Å²) in [7, 11) is 6.35. The molecule has 0 spiro atoms. The number of carboxylic acid groups (broad SMARTS) is 1. The molecule has 5 aliphatic rings. The molecule has 2 saturated carbocycles. The Labute approximate surface area is 731 Å². The molecule has 12 aromatic heterocycles. The number of benzene rings is 1. The van der Waals surface area contributed by atoms with Crippen LogP contribution in [0, 0.1) is 0 Å². The number of aromatic nitrogens is 16. The van der Waals surface area contributed by atoms with Gasteiger partial charge < -0.3 is 34.3 Å². The Bertz CT molecular complexity index is 5460. The van der Waals surface area contributed by atoms with Gasteiger partial charge in [-0.1, -0.05) is 95.6 Å². The molecule has 0 amide bonds. The quantitative estimate of drug-likeness (QED) is 0.0837. The van der Waals surface area contributed by atoms with Crippen LogP contribution in [-0.4, -0.2) is 193 Å². The lowest BCUT2D eigenvalue weighted by molar-refractivity contribution is 0.0696. The first-order chi connectivity index (χ1) is 59.9. The minimum absolute atomic E-state index is 0.171. The van der Waals surface area contributed by atoms with E-state index in [0.717, 1.165) is 164 Å². The van der Waals surface area contributed by atoms with Gasteiger partial charge in [-0.3, -0.25) is 39.6 Å². The molecular weight excluding hydrogens is 1540 g/mol. The van der Waals surface area contributed by atoms with Gasteiger partial charge >= 0.3 is 5.97 Å². The third-order valence-electron chi connectivity index (χ3n) is 23.4. The van der Waals surface area contributed by atoms with Gasteiger partial charge in [0.2, 0.25) is 11.9 Å². The summed E-state index contributed by atoms with van der Waals surface area (Å²) in [5.41, 5.74) is 21.9. The van der Waals surface area contributed by atoms with Crippen LogP contribution in [-0.2, 0) is 11.8 Å². The smallest absolute Gasteiger partial charge is 0.337 e. The number of ether oxygens (including phenoxy) is 1. The molecule has 0 unspecified atom stereocenters. The zero-order valence-electron chi connectivity index (χ0n) is 74.8. The standard InChI is InChI=1S/C19H21N3.C18H24N4.C17H23N5.C16H20N4O.C16H19N3.C14H14N2O2/c1-12(2)14-8-9-20-17(11-14)15-6-7-18-16(10-15)19(13-4-5-13)21-22(18)3;1-14(2)15-6-7-19-17(12-15)16-4-5-18(20-13-16)22-10-8-21(3)9-11-22;1-13(2)14-4-5-18-16(10-14)15-11-19-17(20-12-15)22-8-6-21(3)7-9-22;1-12(2)13-3-4-17-15(9-13)14-10-18-16(19-11-14)20-5-7-21-8-6-20;1-11(2)13-6-7-17-15(8-13)14-9-18-16(19-10-14)12-4-3-5-12;1-9(2)10-3-4-16-13(6-10)11-5-12(14(17)18)8-15-7-11/h6-13H,4-5H2,1-3H3;4-7,12-14H,8-11H2,1-3H3;4-5,10-13H,6-9H2,1-3H3;3-4,9-12H,5-8H2,1-2H3;6-12H,3-5H2,1-2H3;3-9H,1-2H3,(H,17,18). The third kappa shape index (κ3) is 24.2. The van der Waals surface area contributed by atoms with Crippen molar-refractivity contribution in [3.05, 3.63) is 253 Å². The number of likely N-dealkylation sites (N-methyl/N-ethyl adjacent to an activating group) is 2. The van der Waals surface area contributed by atoms with Crippen molar-refractivity contribution < 1.29 is 14.6 Å². The number of pyridine rings is 8. The number of hydrogen-bond donors (Lipinski definition) is 1. The van der Waals surface area contributed by atoms with Crippen molar-refractivity contribution in [3.8, 4) is 67.5 Å². The van der Waals surface area contributed by atoms with Crippen molar-refractivity contribution in [3.63, 3.8) is 0 Å². The first-order valence-corrected chi connectivity index (χ1v) is 44.0. The first-order valence-electron chi connectivity index (χ1n) is 44.0. The summed E-state index contributed by atoms with van der Waals surface area (Å²) in [6, 6.07) is 37.5. The molecular formula is C100H121N21O3. The van der Waals surface area contributed by atoms with Gasteiger partial charge in [-0.2, -0.15) is 5.10 Å². The Kier molecular flexibility index (Phi) is 30.9. The second kappa shape index (κ2) is 42.8. The molecule has 644 valence electrons. The molecule has 1 aromatic carbocycles. The van der Waals surface area contributed by atoms with E-state index >= 15 is 0 Å². The zero-order valence-corrected chi connectivity index (χ0v) is 74.8. The predicted molar refractivity (Wildman–Crippen MR) is 497 cm³/mol. The van der Waals surface area contributed by atoms with Crippen molar-refractivity contribution in [2.24, 2.45) is 7.05 Å². The Hall–Kier alpha value is -12.1. The summed E-state index contributed by atoms with van der Waals surface area (Å²) >= 11 is 0. The van der Waals surface area contributed by atoms with Gasteiger partial charge in [0.25, 0.3) is 0 Å². The highest BCUT2D eigenvalue weighted by atomic mass is 16.5. The summed E-state index contributed by atoms with van der Waals surface area (Å²) in [4.78, 5) is 84.5. The predicted octanol–water partition coefficient (Wildman–Crippen LogP) is 19.5.